The Balaban J connectivity index is 3.40. The molecule has 4 heteroatoms. The molecule has 4 nitrogen and oxygen atoms in total. The van der Waals surface area contributed by atoms with Gasteiger partial charge in [0.25, 0.3) is 0 Å². The van der Waals surface area contributed by atoms with Gasteiger partial charge in [-0.2, -0.15) is 0 Å². The van der Waals surface area contributed by atoms with Gasteiger partial charge in [0, 0.05) is 12.8 Å². The second-order valence-corrected chi connectivity index (χ2v) is 11.4. The van der Waals surface area contributed by atoms with Crippen molar-refractivity contribution in [2.24, 2.45) is 17.8 Å². The van der Waals surface area contributed by atoms with E-state index in [4.69, 9.17) is 9.47 Å². The van der Waals surface area contributed by atoms with E-state index in [9.17, 15) is 9.59 Å². The molecule has 0 saturated carbocycles. The summed E-state index contributed by atoms with van der Waals surface area (Å²) in [6.07, 6.45) is 21.9. The summed E-state index contributed by atoms with van der Waals surface area (Å²) in [6.45, 7) is 12.0. The molecule has 0 N–H and O–H groups in total. The van der Waals surface area contributed by atoms with E-state index < -0.39 is 0 Å². The van der Waals surface area contributed by atoms with Crippen LogP contribution in [0.3, 0.4) is 0 Å². The first kappa shape index (κ1) is 33.9. The molecule has 1 unspecified atom stereocenters. The Morgan fingerprint density at radius 3 is 1.34 bits per heavy atom. The molecular weight excluding hydrogens is 436 g/mol. The van der Waals surface area contributed by atoms with Crippen molar-refractivity contribution in [2.75, 3.05) is 13.2 Å². The maximum atomic E-state index is 11.9. The molecule has 1 atom stereocenters. The monoisotopic (exact) mass is 496 g/mol. The van der Waals surface area contributed by atoms with Gasteiger partial charge < -0.3 is 9.47 Å². The zero-order valence-corrected chi connectivity index (χ0v) is 24.2. The van der Waals surface area contributed by atoms with Gasteiger partial charge in [-0.15, -0.1) is 0 Å². The standard InChI is InChI=1S/C31H60O4/c1-6-29(21-22-31(33)35-26-24-28(4)5)19-17-15-13-11-9-7-8-10-12-14-16-18-20-30(32)34-25-23-27(2)3/h27-29H,6-26H2,1-5H3. The number of hydrogen-bond acceptors (Lipinski definition) is 4. The molecular formula is C31H60O4. The molecule has 35 heavy (non-hydrogen) atoms. The summed E-state index contributed by atoms with van der Waals surface area (Å²) in [5.41, 5.74) is 0. The minimum atomic E-state index is -0.0203. The normalized spacial score (nSPS) is 12.3. The second-order valence-electron chi connectivity index (χ2n) is 11.4. The Hall–Kier alpha value is -1.06. The van der Waals surface area contributed by atoms with Gasteiger partial charge in [0.1, 0.15) is 0 Å². The van der Waals surface area contributed by atoms with E-state index in [1.54, 1.807) is 0 Å². The Bertz CT molecular complexity index is 486. The number of esters is 2. The van der Waals surface area contributed by atoms with Crippen LogP contribution in [0.5, 0.6) is 0 Å². The maximum Gasteiger partial charge on any atom is 0.305 e. The summed E-state index contributed by atoms with van der Waals surface area (Å²) in [6, 6.07) is 0. The second kappa shape index (κ2) is 24.6. The van der Waals surface area contributed by atoms with Crippen LogP contribution in [0.2, 0.25) is 0 Å². The average molecular weight is 497 g/mol. The van der Waals surface area contributed by atoms with E-state index in [1.807, 2.05) is 0 Å². The van der Waals surface area contributed by atoms with Crippen molar-refractivity contribution in [1.29, 1.82) is 0 Å². The highest BCUT2D eigenvalue weighted by atomic mass is 16.5. The molecule has 0 spiro atoms. The first-order valence-electron chi connectivity index (χ1n) is 15.2. The van der Waals surface area contributed by atoms with E-state index in [0.717, 1.165) is 32.1 Å². The molecule has 0 aliphatic carbocycles. The fraction of sp³-hybridized carbons (Fsp3) is 0.935. The minimum Gasteiger partial charge on any atom is -0.466 e. The van der Waals surface area contributed by atoms with E-state index in [2.05, 4.69) is 34.6 Å². The highest BCUT2D eigenvalue weighted by Crippen LogP contribution is 2.20. The summed E-state index contributed by atoms with van der Waals surface area (Å²) in [7, 11) is 0. The molecule has 0 aromatic rings. The van der Waals surface area contributed by atoms with Crippen LogP contribution in [-0.4, -0.2) is 25.2 Å². The topological polar surface area (TPSA) is 52.6 Å². The van der Waals surface area contributed by atoms with Crippen molar-refractivity contribution >= 4 is 11.9 Å². The van der Waals surface area contributed by atoms with Gasteiger partial charge in [0.05, 0.1) is 13.2 Å². The van der Waals surface area contributed by atoms with E-state index in [-0.39, 0.29) is 11.9 Å². The third-order valence-corrected chi connectivity index (χ3v) is 6.99. The highest BCUT2D eigenvalue weighted by Gasteiger charge is 2.11. The molecule has 0 aliphatic rings. The molecule has 0 rings (SSSR count). The van der Waals surface area contributed by atoms with Gasteiger partial charge in [-0.05, 0) is 43.4 Å². The summed E-state index contributed by atoms with van der Waals surface area (Å²) in [5, 5.41) is 0. The van der Waals surface area contributed by atoms with Crippen LogP contribution in [0.4, 0.5) is 0 Å². The molecule has 0 aromatic carbocycles. The molecule has 0 bridgehead atoms. The zero-order chi connectivity index (χ0) is 26.2. The van der Waals surface area contributed by atoms with Gasteiger partial charge in [-0.1, -0.05) is 118 Å². The van der Waals surface area contributed by atoms with Crippen molar-refractivity contribution < 1.29 is 19.1 Å². The van der Waals surface area contributed by atoms with Crippen molar-refractivity contribution in [3.05, 3.63) is 0 Å². The molecule has 0 heterocycles. The quantitative estimate of drug-likeness (QED) is 0.0932. The maximum absolute atomic E-state index is 11.9. The molecule has 0 amide bonds. The number of rotatable bonds is 25. The van der Waals surface area contributed by atoms with Crippen LogP contribution in [0.25, 0.3) is 0 Å². The largest absolute Gasteiger partial charge is 0.466 e. The summed E-state index contributed by atoms with van der Waals surface area (Å²) in [5.74, 6) is 1.82. The molecule has 0 aliphatic heterocycles. The Morgan fingerprint density at radius 2 is 0.914 bits per heavy atom. The van der Waals surface area contributed by atoms with E-state index >= 15 is 0 Å². The number of carbonyl (C=O) groups excluding carboxylic acids is 2. The average Bonchev–Trinajstić information content (AvgIpc) is 2.80. The van der Waals surface area contributed by atoms with Crippen LogP contribution in [0.15, 0.2) is 0 Å². The summed E-state index contributed by atoms with van der Waals surface area (Å²) >= 11 is 0. The predicted molar refractivity (Wildman–Crippen MR) is 148 cm³/mol. The highest BCUT2D eigenvalue weighted by molar-refractivity contribution is 5.69. The molecule has 0 radical (unpaired) electrons. The van der Waals surface area contributed by atoms with Crippen molar-refractivity contribution in [3.8, 4) is 0 Å². The van der Waals surface area contributed by atoms with Crippen molar-refractivity contribution in [2.45, 2.75) is 157 Å². The lowest BCUT2D eigenvalue weighted by atomic mass is 9.93. The lowest BCUT2D eigenvalue weighted by Crippen LogP contribution is -2.10. The van der Waals surface area contributed by atoms with Crippen LogP contribution in [0, 0.1) is 17.8 Å². The third kappa shape index (κ3) is 25.8. The number of ether oxygens (including phenoxy) is 2. The lowest BCUT2D eigenvalue weighted by Gasteiger charge is -2.14. The first-order valence-corrected chi connectivity index (χ1v) is 15.2. The van der Waals surface area contributed by atoms with Crippen molar-refractivity contribution in [3.63, 3.8) is 0 Å². The SMILES string of the molecule is CCC(CCCCCCCCCCCCCCC(=O)OCCC(C)C)CCC(=O)OCCC(C)C. The Kier molecular flexibility index (Phi) is 23.9. The van der Waals surface area contributed by atoms with E-state index in [1.165, 1.54) is 77.0 Å². The lowest BCUT2D eigenvalue weighted by molar-refractivity contribution is -0.145. The minimum absolute atomic E-state index is 0.0127. The van der Waals surface area contributed by atoms with Gasteiger partial charge in [0.2, 0.25) is 0 Å². The molecule has 0 fully saturated rings. The van der Waals surface area contributed by atoms with Gasteiger partial charge in [-0.25, -0.2) is 0 Å². The molecule has 0 saturated heterocycles. The fourth-order valence-electron chi connectivity index (χ4n) is 4.31. The number of hydrogen-bond donors (Lipinski definition) is 0. The summed E-state index contributed by atoms with van der Waals surface area (Å²) in [4.78, 5) is 23.5. The third-order valence-electron chi connectivity index (χ3n) is 6.99. The number of carbonyl (C=O) groups is 2. The first-order chi connectivity index (χ1) is 16.8. The predicted octanol–water partition coefficient (Wildman–Crippen LogP) is 9.43. The zero-order valence-electron chi connectivity index (χ0n) is 24.2. The van der Waals surface area contributed by atoms with E-state index in [0.29, 0.717) is 43.8 Å². The van der Waals surface area contributed by atoms with Gasteiger partial charge in [0.15, 0.2) is 0 Å². The van der Waals surface area contributed by atoms with Crippen molar-refractivity contribution in [1.82, 2.24) is 0 Å². The number of unbranched alkanes of at least 4 members (excludes halogenated alkanes) is 11. The Labute approximate surface area is 218 Å². The Morgan fingerprint density at radius 1 is 0.514 bits per heavy atom. The molecule has 0 aromatic heterocycles. The van der Waals surface area contributed by atoms with Gasteiger partial charge >= 0.3 is 11.9 Å². The summed E-state index contributed by atoms with van der Waals surface area (Å²) < 4.78 is 10.6. The fourth-order valence-corrected chi connectivity index (χ4v) is 4.31. The van der Waals surface area contributed by atoms with Crippen LogP contribution < -0.4 is 0 Å². The van der Waals surface area contributed by atoms with Gasteiger partial charge in [-0.3, -0.25) is 9.59 Å². The smallest absolute Gasteiger partial charge is 0.305 e. The molecule has 208 valence electrons. The van der Waals surface area contributed by atoms with Crippen LogP contribution >= 0.6 is 0 Å². The van der Waals surface area contributed by atoms with Crippen LogP contribution in [-0.2, 0) is 19.1 Å². The van der Waals surface area contributed by atoms with Crippen LogP contribution in [0.1, 0.15) is 157 Å².